The first-order valence-corrected chi connectivity index (χ1v) is 7.94. The first-order valence-electron chi connectivity index (χ1n) is 7.94. The van der Waals surface area contributed by atoms with E-state index in [9.17, 15) is 4.79 Å². The summed E-state index contributed by atoms with van der Waals surface area (Å²) in [6.07, 6.45) is 3.24. The summed E-state index contributed by atoms with van der Waals surface area (Å²) in [5.41, 5.74) is 1.54. The second-order valence-electron chi connectivity index (χ2n) is 7.57. The van der Waals surface area contributed by atoms with Crippen molar-refractivity contribution in [3.05, 3.63) is 29.8 Å². The Kier molecular flexibility index (Phi) is 2.47. The molecule has 4 rings (SSSR count). The minimum atomic E-state index is -0.618. The van der Waals surface area contributed by atoms with Gasteiger partial charge in [0.25, 0.3) is 5.91 Å². The molecular weight excluding hydrogens is 262 g/mol. The molecule has 0 spiro atoms. The number of ether oxygens (including phenoxy) is 1. The molecule has 3 aliphatic rings. The van der Waals surface area contributed by atoms with Crippen LogP contribution in [0.1, 0.15) is 38.7 Å². The largest absolute Gasteiger partial charge is 0.364 e. The second-order valence-corrected chi connectivity index (χ2v) is 7.57. The molecule has 3 nitrogen and oxygen atoms in total. The van der Waals surface area contributed by atoms with Crippen molar-refractivity contribution in [2.24, 2.45) is 16.7 Å². The summed E-state index contributed by atoms with van der Waals surface area (Å²) in [4.78, 5) is 13.0. The average molecular weight is 285 g/mol. The van der Waals surface area contributed by atoms with Gasteiger partial charge in [0.15, 0.2) is 5.60 Å². The quantitative estimate of drug-likeness (QED) is 0.902. The lowest BCUT2D eigenvalue weighted by molar-refractivity contribution is -0.149. The Morgan fingerprint density at radius 2 is 2.10 bits per heavy atom. The summed E-state index contributed by atoms with van der Waals surface area (Å²) in [6.45, 7) is 7.34. The third-order valence-corrected chi connectivity index (χ3v) is 6.96. The van der Waals surface area contributed by atoms with Crippen molar-refractivity contribution in [1.82, 2.24) is 0 Å². The molecule has 4 bridgehead atoms. The monoisotopic (exact) mass is 285 g/mol. The maximum absolute atomic E-state index is 13.0. The molecule has 2 saturated carbocycles. The third kappa shape index (κ3) is 1.36. The topological polar surface area (TPSA) is 38.3 Å². The molecule has 1 saturated heterocycles. The molecular formula is C18H23NO2. The van der Waals surface area contributed by atoms with E-state index < -0.39 is 5.60 Å². The molecule has 0 unspecified atom stereocenters. The van der Waals surface area contributed by atoms with Crippen molar-refractivity contribution in [1.29, 1.82) is 0 Å². The van der Waals surface area contributed by atoms with E-state index in [0.29, 0.717) is 5.92 Å². The number of benzene rings is 1. The van der Waals surface area contributed by atoms with Crippen molar-refractivity contribution in [3.8, 4) is 0 Å². The fraction of sp³-hybridized carbons (Fsp3) is 0.611. The lowest BCUT2D eigenvalue weighted by Gasteiger charge is -2.40. The maximum Gasteiger partial charge on any atom is 0.257 e. The predicted octanol–water partition coefficient (Wildman–Crippen LogP) is 3.53. The van der Waals surface area contributed by atoms with Crippen molar-refractivity contribution in [3.63, 3.8) is 0 Å². The van der Waals surface area contributed by atoms with Gasteiger partial charge in [-0.25, -0.2) is 0 Å². The maximum atomic E-state index is 13.0. The Hall–Kier alpha value is -1.35. The Morgan fingerprint density at radius 1 is 1.33 bits per heavy atom. The van der Waals surface area contributed by atoms with Crippen LogP contribution in [0.25, 0.3) is 0 Å². The van der Waals surface area contributed by atoms with Crippen LogP contribution in [0.15, 0.2) is 24.3 Å². The van der Waals surface area contributed by atoms with Crippen LogP contribution in [0.4, 0.5) is 5.69 Å². The van der Waals surface area contributed by atoms with Gasteiger partial charge >= 0.3 is 0 Å². The van der Waals surface area contributed by atoms with Crippen LogP contribution in [-0.4, -0.2) is 18.1 Å². The van der Waals surface area contributed by atoms with Crippen molar-refractivity contribution in [2.45, 2.75) is 45.6 Å². The fourth-order valence-electron chi connectivity index (χ4n) is 5.19. The highest BCUT2D eigenvalue weighted by molar-refractivity contribution is 5.99. The fourth-order valence-corrected chi connectivity index (χ4v) is 5.19. The zero-order valence-electron chi connectivity index (χ0n) is 13.0. The Labute approximate surface area is 126 Å². The third-order valence-electron chi connectivity index (χ3n) is 6.96. The number of hydrogen-bond donors (Lipinski definition) is 1. The van der Waals surface area contributed by atoms with E-state index >= 15 is 0 Å². The lowest BCUT2D eigenvalue weighted by Crippen LogP contribution is -2.52. The van der Waals surface area contributed by atoms with E-state index in [1.807, 2.05) is 31.2 Å². The molecule has 112 valence electrons. The molecule has 0 radical (unpaired) electrons. The molecule has 1 aromatic carbocycles. The molecule has 1 N–H and O–H groups in total. The van der Waals surface area contributed by atoms with Gasteiger partial charge in [-0.15, -0.1) is 0 Å². The summed E-state index contributed by atoms with van der Waals surface area (Å²) in [5.74, 6) is 0.698. The summed E-state index contributed by atoms with van der Waals surface area (Å²) >= 11 is 0. The molecule has 2 aliphatic carbocycles. The van der Waals surface area contributed by atoms with E-state index in [1.165, 1.54) is 6.42 Å². The molecule has 1 aliphatic heterocycles. The second kappa shape index (κ2) is 3.89. The normalized spacial score (nSPS) is 43.3. The van der Waals surface area contributed by atoms with Gasteiger partial charge in [-0.2, -0.15) is 0 Å². The van der Waals surface area contributed by atoms with Crippen LogP contribution in [-0.2, 0) is 9.53 Å². The first-order chi connectivity index (χ1) is 9.93. The molecule has 0 aromatic heterocycles. The summed E-state index contributed by atoms with van der Waals surface area (Å²) in [7, 11) is 0. The zero-order valence-corrected chi connectivity index (χ0v) is 13.0. The molecule has 4 atom stereocenters. The molecule has 3 heteroatoms. The Balaban J connectivity index is 1.68. The van der Waals surface area contributed by atoms with Gasteiger partial charge in [-0.1, -0.05) is 32.0 Å². The Bertz CT molecular complexity index is 627. The van der Waals surface area contributed by atoms with Crippen molar-refractivity contribution in [2.75, 3.05) is 11.9 Å². The minimum Gasteiger partial charge on any atom is -0.364 e. The van der Waals surface area contributed by atoms with Crippen LogP contribution in [0.2, 0.25) is 0 Å². The molecule has 3 fully saturated rings. The number of carbonyl (C=O) groups excluding carboxylic acids is 1. The number of amides is 1. The molecule has 1 amide bonds. The van der Waals surface area contributed by atoms with Crippen molar-refractivity contribution < 1.29 is 9.53 Å². The minimum absolute atomic E-state index is 0.0164. The summed E-state index contributed by atoms with van der Waals surface area (Å²) in [5, 5.41) is 3.13. The van der Waals surface area contributed by atoms with E-state index in [0.717, 1.165) is 30.7 Å². The SMILES string of the molecule is Cc1ccccc1NC(=O)[C@@]12C[C@H]3CC[C@@]1(C)[C@@]3(C)CO2. The first kappa shape index (κ1) is 13.3. The van der Waals surface area contributed by atoms with Crippen LogP contribution < -0.4 is 5.32 Å². The van der Waals surface area contributed by atoms with Gasteiger partial charge < -0.3 is 10.1 Å². The van der Waals surface area contributed by atoms with E-state index in [4.69, 9.17) is 4.74 Å². The van der Waals surface area contributed by atoms with Gasteiger partial charge in [0.05, 0.1) is 6.61 Å². The number of carbonyl (C=O) groups is 1. The number of nitrogens with one attached hydrogen (secondary N) is 1. The lowest BCUT2D eigenvalue weighted by atomic mass is 9.66. The van der Waals surface area contributed by atoms with Gasteiger partial charge in [0.2, 0.25) is 0 Å². The van der Waals surface area contributed by atoms with Gasteiger partial charge in [-0.3, -0.25) is 4.79 Å². The van der Waals surface area contributed by atoms with Crippen molar-refractivity contribution >= 4 is 11.6 Å². The average Bonchev–Trinajstić information content (AvgIpc) is 2.93. The number of rotatable bonds is 2. The number of hydrogen-bond acceptors (Lipinski definition) is 2. The number of aryl methyl sites for hydroxylation is 1. The highest BCUT2D eigenvalue weighted by Gasteiger charge is 2.78. The van der Waals surface area contributed by atoms with Gasteiger partial charge in [-0.05, 0) is 43.7 Å². The Morgan fingerprint density at radius 3 is 2.76 bits per heavy atom. The summed E-state index contributed by atoms with van der Waals surface area (Å²) in [6, 6.07) is 7.94. The van der Waals surface area contributed by atoms with Gasteiger partial charge in [0, 0.05) is 16.5 Å². The van der Waals surface area contributed by atoms with Gasteiger partial charge in [0.1, 0.15) is 0 Å². The van der Waals surface area contributed by atoms with Crippen LogP contribution in [0.5, 0.6) is 0 Å². The predicted molar refractivity (Wildman–Crippen MR) is 82.0 cm³/mol. The standard InChI is InChI=1S/C18H23NO2/c1-12-6-4-5-7-14(12)19-15(20)18-10-13-8-9-17(18,3)16(13,2)11-21-18/h4-7,13H,8-11H2,1-3H3,(H,19,20)/t13-,16+,17+,18+/m1/s1. The highest BCUT2D eigenvalue weighted by Crippen LogP contribution is 2.75. The smallest absolute Gasteiger partial charge is 0.257 e. The highest BCUT2D eigenvalue weighted by atomic mass is 16.5. The zero-order chi connectivity index (χ0) is 14.9. The number of anilines is 1. The molecule has 1 heterocycles. The van der Waals surface area contributed by atoms with E-state index in [2.05, 4.69) is 19.2 Å². The molecule has 1 aromatic rings. The van der Waals surface area contributed by atoms with E-state index in [-0.39, 0.29) is 16.7 Å². The summed E-state index contributed by atoms with van der Waals surface area (Å²) < 4.78 is 6.14. The number of para-hydroxylation sites is 1. The van der Waals surface area contributed by atoms with Crippen LogP contribution in [0, 0.1) is 23.7 Å². The van der Waals surface area contributed by atoms with E-state index in [1.54, 1.807) is 0 Å². The van der Waals surface area contributed by atoms with Crippen LogP contribution in [0.3, 0.4) is 0 Å². The molecule has 21 heavy (non-hydrogen) atoms. The van der Waals surface area contributed by atoms with Crippen LogP contribution >= 0.6 is 0 Å².